The Labute approximate surface area is 254 Å². The van der Waals surface area contributed by atoms with Crippen LogP contribution in [0.15, 0.2) is 65.7 Å². The maximum Gasteiger partial charge on any atom is 0.295 e. The molecule has 0 saturated carbocycles. The molecule has 1 saturated heterocycles. The van der Waals surface area contributed by atoms with E-state index in [9.17, 15) is 17.2 Å². The van der Waals surface area contributed by atoms with Crippen LogP contribution in [0.1, 0.15) is 48.9 Å². The molecule has 1 aliphatic rings. The number of aromatic nitrogens is 5. The van der Waals surface area contributed by atoms with Gasteiger partial charge in [0.05, 0.1) is 22.0 Å². The lowest BCUT2D eigenvalue weighted by atomic mass is 10.1. The summed E-state index contributed by atoms with van der Waals surface area (Å²) in [6, 6.07) is 16.3. The largest absolute Gasteiger partial charge is 0.366 e. The third kappa shape index (κ3) is 6.02. The summed E-state index contributed by atoms with van der Waals surface area (Å²) in [6.45, 7) is 2.78. The van der Waals surface area contributed by atoms with Crippen molar-refractivity contribution in [3.63, 3.8) is 0 Å². The molecule has 1 unspecified atom stereocenters. The molecule has 1 atom stereocenters. The molecule has 0 bridgehead atoms. The molecule has 1 aliphatic heterocycles. The summed E-state index contributed by atoms with van der Waals surface area (Å²) < 4.78 is 63.9. The van der Waals surface area contributed by atoms with E-state index < -0.39 is 28.3 Å². The van der Waals surface area contributed by atoms with Crippen LogP contribution >= 0.6 is 0 Å². The lowest BCUT2D eigenvalue weighted by Gasteiger charge is -2.25. The Bertz CT molecular complexity index is 1920. The van der Waals surface area contributed by atoms with E-state index in [2.05, 4.69) is 20.7 Å². The maximum atomic E-state index is 14.4. The number of nitrogens with zero attached hydrogens (tertiary/aromatic N) is 5. The molecule has 0 aliphatic carbocycles. The van der Waals surface area contributed by atoms with Crippen LogP contribution < -0.4 is 10.6 Å². The van der Waals surface area contributed by atoms with Crippen molar-refractivity contribution in [3.05, 3.63) is 77.7 Å². The van der Waals surface area contributed by atoms with E-state index in [0.717, 1.165) is 30.2 Å². The predicted molar refractivity (Wildman–Crippen MR) is 165 cm³/mol. The molecule has 2 aromatic carbocycles. The number of aryl methyl sites for hydroxylation is 2. The summed E-state index contributed by atoms with van der Waals surface area (Å²) in [7, 11) is -1.93. The molecule has 3 aromatic heterocycles. The zero-order valence-corrected chi connectivity index (χ0v) is 25.4. The highest BCUT2D eigenvalue weighted by Crippen LogP contribution is 2.38. The number of nitrogens with one attached hydrogen (secondary N) is 2. The van der Waals surface area contributed by atoms with Crippen LogP contribution in [0.25, 0.3) is 22.4 Å². The molecule has 10 nitrogen and oxygen atoms in total. The number of alkyl halides is 2. The number of hydrogen-bond donors (Lipinski definition) is 2. The normalized spacial score (nSPS) is 15.6. The minimum absolute atomic E-state index is 0.0351. The van der Waals surface area contributed by atoms with Crippen molar-refractivity contribution >= 4 is 38.2 Å². The number of rotatable bonds is 9. The average Bonchev–Trinajstić information content (AvgIpc) is 3.56. The van der Waals surface area contributed by atoms with Gasteiger partial charge in [0.25, 0.3) is 6.43 Å². The lowest BCUT2D eigenvalue weighted by Crippen LogP contribution is -2.20. The number of hydrogen-bond acceptors (Lipinski definition) is 8. The fourth-order valence-electron chi connectivity index (χ4n) is 5.54. The van der Waals surface area contributed by atoms with Crippen molar-refractivity contribution in [1.29, 1.82) is 0 Å². The molecule has 0 amide bonds. The molecule has 44 heavy (non-hydrogen) atoms. The molecule has 230 valence electrons. The van der Waals surface area contributed by atoms with Gasteiger partial charge in [0.1, 0.15) is 17.6 Å². The highest BCUT2D eigenvalue weighted by atomic mass is 32.2. The van der Waals surface area contributed by atoms with Crippen molar-refractivity contribution in [2.75, 3.05) is 23.5 Å². The fraction of sp³-hybridized carbons (Fsp3) is 0.323. The summed E-state index contributed by atoms with van der Waals surface area (Å²) in [5, 5.41) is 11.0. The monoisotopic (exact) mass is 621 g/mol. The Balaban J connectivity index is 1.49. The van der Waals surface area contributed by atoms with Crippen LogP contribution in [0, 0.1) is 6.92 Å². The summed E-state index contributed by atoms with van der Waals surface area (Å²) in [4.78, 5) is 9.08. The van der Waals surface area contributed by atoms with E-state index in [4.69, 9.17) is 9.72 Å². The topological polar surface area (TPSA) is 116 Å². The van der Waals surface area contributed by atoms with E-state index in [-0.39, 0.29) is 21.7 Å². The van der Waals surface area contributed by atoms with Crippen LogP contribution in [-0.4, -0.2) is 45.6 Å². The molecule has 1 fully saturated rings. The number of sulfone groups is 1. The Hall–Kier alpha value is -4.36. The van der Waals surface area contributed by atoms with Gasteiger partial charge in [0, 0.05) is 44.3 Å². The number of pyridine rings is 1. The van der Waals surface area contributed by atoms with Gasteiger partial charge in [0.2, 0.25) is 0 Å². The van der Waals surface area contributed by atoms with Crippen molar-refractivity contribution in [3.8, 4) is 11.3 Å². The van der Waals surface area contributed by atoms with Crippen LogP contribution in [0.2, 0.25) is 0 Å². The Kier molecular flexibility index (Phi) is 8.08. The first-order valence-corrected chi connectivity index (χ1v) is 16.2. The zero-order chi connectivity index (χ0) is 31.0. The molecule has 13 heteroatoms. The SMILES string of the molecule is Cc1cn(C)nc1-c1ccc(Nc2cc(NCc3ccccc3)nc3c2nc(C(F)F)n3C2CCCCO2)c(S(C)(=O)=O)c1. The van der Waals surface area contributed by atoms with Crippen molar-refractivity contribution in [2.24, 2.45) is 7.05 Å². The number of imidazole rings is 1. The van der Waals surface area contributed by atoms with Crippen molar-refractivity contribution in [2.45, 2.75) is 50.3 Å². The van der Waals surface area contributed by atoms with E-state index in [1.54, 1.807) is 36.0 Å². The first-order chi connectivity index (χ1) is 21.1. The van der Waals surface area contributed by atoms with E-state index in [0.29, 0.717) is 42.3 Å². The van der Waals surface area contributed by atoms with Crippen LogP contribution in [0.5, 0.6) is 0 Å². The van der Waals surface area contributed by atoms with E-state index in [1.165, 1.54) is 4.57 Å². The maximum absolute atomic E-state index is 14.4. The molecular weight excluding hydrogens is 588 g/mol. The zero-order valence-electron chi connectivity index (χ0n) is 24.6. The van der Waals surface area contributed by atoms with Gasteiger partial charge < -0.3 is 15.4 Å². The second-order valence-corrected chi connectivity index (χ2v) is 13.0. The Morgan fingerprint density at radius 3 is 2.52 bits per heavy atom. The fourth-order valence-corrected chi connectivity index (χ4v) is 6.40. The highest BCUT2D eigenvalue weighted by molar-refractivity contribution is 7.90. The van der Waals surface area contributed by atoms with E-state index in [1.807, 2.05) is 43.5 Å². The third-order valence-corrected chi connectivity index (χ3v) is 8.70. The summed E-state index contributed by atoms with van der Waals surface area (Å²) in [5.74, 6) is -0.0461. The molecular formula is C31H33F2N7O3S. The van der Waals surface area contributed by atoms with Gasteiger partial charge in [0.15, 0.2) is 21.3 Å². The minimum atomic E-state index is -3.73. The summed E-state index contributed by atoms with van der Waals surface area (Å²) in [6.07, 6.45) is 1.67. The summed E-state index contributed by atoms with van der Waals surface area (Å²) >= 11 is 0. The van der Waals surface area contributed by atoms with Gasteiger partial charge in [-0.1, -0.05) is 36.4 Å². The van der Waals surface area contributed by atoms with Crippen LogP contribution in [0.3, 0.4) is 0 Å². The molecule has 4 heterocycles. The highest BCUT2D eigenvalue weighted by Gasteiger charge is 2.29. The van der Waals surface area contributed by atoms with Gasteiger partial charge in [-0.3, -0.25) is 9.25 Å². The van der Waals surface area contributed by atoms with Gasteiger partial charge >= 0.3 is 0 Å². The smallest absolute Gasteiger partial charge is 0.295 e. The van der Waals surface area contributed by atoms with Gasteiger partial charge in [-0.2, -0.15) is 5.10 Å². The van der Waals surface area contributed by atoms with Gasteiger partial charge in [-0.05, 0) is 49.4 Å². The van der Waals surface area contributed by atoms with Crippen molar-refractivity contribution < 1.29 is 21.9 Å². The van der Waals surface area contributed by atoms with Crippen molar-refractivity contribution in [1.82, 2.24) is 24.3 Å². The number of fused-ring (bicyclic) bond motifs is 1. The molecule has 5 aromatic rings. The lowest BCUT2D eigenvalue weighted by molar-refractivity contribution is -0.0363. The standard InChI is InChI=1S/C31H33F2N7O3S/c1-19-18-39(2)38-27(19)21-12-13-22(24(15-21)44(3,41)42)35-23-16-25(34-17-20-9-5-4-6-10-20)36-30-28(23)37-31(29(32)33)40(30)26-11-7-8-14-43-26/h4-6,9-10,12-13,15-16,18,26,29H,7-8,11,14,17H2,1-3H3,(H2,34,35,36). The minimum Gasteiger partial charge on any atom is -0.366 e. The first-order valence-electron chi connectivity index (χ1n) is 14.3. The van der Waals surface area contributed by atoms with Gasteiger partial charge in [-0.15, -0.1) is 0 Å². The Morgan fingerprint density at radius 2 is 1.86 bits per heavy atom. The third-order valence-electron chi connectivity index (χ3n) is 7.57. The average molecular weight is 622 g/mol. The van der Waals surface area contributed by atoms with E-state index >= 15 is 0 Å². The first kappa shape index (κ1) is 29.7. The number of anilines is 3. The quantitative estimate of drug-likeness (QED) is 0.191. The number of benzene rings is 2. The van der Waals surface area contributed by atoms with Gasteiger partial charge in [-0.25, -0.2) is 27.2 Å². The number of ether oxygens (including phenoxy) is 1. The number of halogens is 2. The van der Waals surface area contributed by atoms with Crippen LogP contribution in [-0.2, 0) is 28.2 Å². The molecule has 0 radical (unpaired) electrons. The second kappa shape index (κ2) is 12.0. The second-order valence-electron chi connectivity index (χ2n) is 11.0. The molecule has 2 N–H and O–H groups in total. The Morgan fingerprint density at radius 1 is 1.07 bits per heavy atom. The van der Waals surface area contributed by atoms with Crippen LogP contribution in [0.4, 0.5) is 26.0 Å². The molecule has 6 rings (SSSR count). The predicted octanol–water partition coefficient (Wildman–Crippen LogP) is 6.54. The molecule has 0 spiro atoms. The summed E-state index contributed by atoms with van der Waals surface area (Å²) in [5.41, 5.74) is 4.20.